The van der Waals surface area contributed by atoms with Crippen molar-refractivity contribution in [2.45, 2.75) is 24.5 Å². The third kappa shape index (κ3) is 3.41. The van der Waals surface area contributed by atoms with Gasteiger partial charge in [0.15, 0.2) is 5.78 Å². The fourth-order valence-corrected chi connectivity index (χ4v) is 3.03. The van der Waals surface area contributed by atoms with Crippen molar-refractivity contribution in [3.05, 3.63) is 29.8 Å². The molecule has 2 nitrogen and oxygen atoms in total. The molecule has 0 spiro atoms. The van der Waals surface area contributed by atoms with Crippen LogP contribution in [0.5, 0.6) is 5.75 Å². The van der Waals surface area contributed by atoms with Crippen LogP contribution in [0, 0.1) is 0 Å². The maximum Gasteiger partial charge on any atom is 0.573 e. The van der Waals surface area contributed by atoms with Gasteiger partial charge in [0, 0.05) is 5.56 Å². The van der Waals surface area contributed by atoms with Crippen LogP contribution in [-0.4, -0.2) is 23.1 Å². The molecule has 1 saturated heterocycles. The number of rotatable bonds is 3. The quantitative estimate of drug-likeness (QED) is 0.788. The molecular weight excluding hydrogens is 265 g/mol. The number of thioether (sulfide) groups is 1. The summed E-state index contributed by atoms with van der Waals surface area (Å²) in [7, 11) is 0. The number of hydrogen-bond acceptors (Lipinski definition) is 3. The molecule has 2 rings (SSSR count). The molecule has 0 radical (unpaired) electrons. The number of alkyl halides is 3. The Bertz CT molecular complexity index is 422. The van der Waals surface area contributed by atoms with Crippen molar-refractivity contribution in [1.29, 1.82) is 0 Å². The highest BCUT2D eigenvalue weighted by Crippen LogP contribution is 2.30. The molecule has 1 atom stereocenters. The number of benzene rings is 1. The molecule has 1 aliphatic heterocycles. The number of ketones is 1. The van der Waals surface area contributed by atoms with Gasteiger partial charge >= 0.3 is 6.36 Å². The second-order valence-corrected chi connectivity index (χ2v) is 5.25. The monoisotopic (exact) mass is 276 g/mol. The standard InChI is InChI=1S/C12H11F3O2S/c13-12(14,15)17-9-5-3-8(4-6-9)11(16)10-2-1-7-18-10/h3-6,10H,1-2,7H2. The number of carbonyl (C=O) groups excluding carboxylic acids is 1. The van der Waals surface area contributed by atoms with Crippen molar-refractivity contribution in [3.8, 4) is 5.75 Å². The molecule has 1 aromatic carbocycles. The fraction of sp³-hybridized carbons (Fsp3) is 0.417. The molecule has 0 aromatic heterocycles. The summed E-state index contributed by atoms with van der Waals surface area (Å²) in [5, 5.41) is -0.0561. The van der Waals surface area contributed by atoms with E-state index in [-0.39, 0.29) is 16.8 Å². The van der Waals surface area contributed by atoms with Gasteiger partial charge in [-0.3, -0.25) is 4.79 Å². The lowest BCUT2D eigenvalue weighted by atomic mass is 10.1. The van der Waals surface area contributed by atoms with Crippen LogP contribution in [-0.2, 0) is 0 Å². The van der Waals surface area contributed by atoms with E-state index >= 15 is 0 Å². The van der Waals surface area contributed by atoms with Crippen LogP contribution < -0.4 is 4.74 Å². The van der Waals surface area contributed by atoms with E-state index in [1.54, 1.807) is 11.8 Å². The Morgan fingerprint density at radius 2 is 1.94 bits per heavy atom. The third-order valence-corrected chi connectivity index (χ3v) is 3.97. The summed E-state index contributed by atoms with van der Waals surface area (Å²) >= 11 is 1.60. The predicted octanol–water partition coefficient (Wildman–Crippen LogP) is 3.66. The molecule has 0 amide bonds. The van der Waals surface area contributed by atoms with Crippen LogP contribution in [0.1, 0.15) is 23.2 Å². The van der Waals surface area contributed by atoms with E-state index in [2.05, 4.69) is 4.74 Å². The lowest BCUT2D eigenvalue weighted by molar-refractivity contribution is -0.274. The molecule has 1 unspecified atom stereocenters. The number of hydrogen-bond donors (Lipinski definition) is 0. The van der Waals surface area contributed by atoms with Gasteiger partial charge in [-0.05, 0) is 42.9 Å². The number of halogens is 3. The minimum atomic E-state index is -4.70. The van der Waals surface area contributed by atoms with Crippen molar-refractivity contribution in [1.82, 2.24) is 0 Å². The Kier molecular flexibility index (Phi) is 3.85. The van der Waals surface area contributed by atoms with Crippen LogP contribution in [0.3, 0.4) is 0 Å². The Morgan fingerprint density at radius 1 is 1.28 bits per heavy atom. The minimum absolute atomic E-state index is 0.0175. The summed E-state index contributed by atoms with van der Waals surface area (Å²) in [6, 6.07) is 5.09. The summed E-state index contributed by atoms with van der Waals surface area (Å²) in [5.74, 6) is 0.639. The highest BCUT2D eigenvalue weighted by atomic mass is 32.2. The van der Waals surface area contributed by atoms with E-state index in [1.807, 2.05) is 0 Å². The number of Topliss-reactive ketones (excluding diaryl/α,β-unsaturated/α-hetero) is 1. The molecule has 0 bridgehead atoms. The van der Waals surface area contributed by atoms with Gasteiger partial charge in [0.05, 0.1) is 5.25 Å². The van der Waals surface area contributed by atoms with Crippen LogP contribution in [0.25, 0.3) is 0 Å². The molecule has 1 aliphatic rings. The minimum Gasteiger partial charge on any atom is -0.406 e. The zero-order chi connectivity index (χ0) is 13.2. The summed E-state index contributed by atoms with van der Waals surface area (Å²) < 4.78 is 39.6. The van der Waals surface area contributed by atoms with Crippen molar-refractivity contribution < 1.29 is 22.7 Å². The van der Waals surface area contributed by atoms with Gasteiger partial charge in [-0.2, -0.15) is 11.8 Å². The summed E-state index contributed by atoms with van der Waals surface area (Å²) in [6.07, 6.45) is -2.85. The fourth-order valence-electron chi connectivity index (χ4n) is 1.79. The average molecular weight is 276 g/mol. The molecule has 0 saturated carbocycles. The Hall–Kier alpha value is -1.17. The van der Waals surface area contributed by atoms with Gasteiger partial charge in [0.1, 0.15) is 5.75 Å². The van der Waals surface area contributed by atoms with Crippen molar-refractivity contribution in [2.24, 2.45) is 0 Å². The van der Waals surface area contributed by atoms with Gasteiger partial charge in [0.2, 0.25) is 0 Å². The van der Waals surface area contributed by atoms with E-state index < -0.39 is 6.36 Å². The molecule has 6 heteroatoms. The van der Waals surface area contributed by atoms with Gasteiger partial charge in [0.25, 0.3) is 0 Å². The SMILES string of the molecule is O=C(c1ccc(OC(F)(F)F)cc1)C1CCCS1. The van der Waals surface area contributed by atoms with E-state index in [9.17, 15) is 18.0 Å². The summed E-state index contributed by atoms with van der Waals surface area (Å²) in [5.41, 5.74) is 0.434. The maximum absolute atomic E-state index is 12.0. The lowest BCUT2D eigenvalue weighted by Crippen LogP contribution is -2.17. The van der Waals surface area contributed by atoms with Gasteiger partial charge in [-0.15, -0.1) is 13.2 Å². The maximum atomic E-state index is 12.0. The van der Waals surface area contributed by atoms with Gasteiger partial charge in [-0.25, -0.2) is 0 Å². The lowest BCUT2D eigenvalue weighted by Gasteiger charge is -2.10. The van der Waals surface area contributed by atoms with Crippen LogP contribution in [0.15, 0.2) is 24.3 Å². The molecular formula is C12H11F3O2S. The number of carbonyl (C=O) groups is 1. The molecule has 0 aliphatic carbocycles. The predicted molar refractivity (Wildman–Crippen MR) is 62.9 cm³/mol. The summed E-state index contributed by atoms with van der Waals surface area (Å²) in [6.45, 7) is 0. The largest absolute Gasteiger partial charge is 0.573 e. The Balaban J connectivity index is 2.05. The highest BCUT2D eigenvalue weighted by Gasteiger charge is 2.31. The normalized spacial score (nSPS) is 19.8. The van der Waals surface area contributed by atoms with Crippen LogP contribution in [0.4, 0.5) is 13.2 Å². The molecule has 1 fully saturated rings. The Morgan fingerprint density at radius 3 is 2.44 bits per heavy atom. The van der Waals surface area contributed by atoms with Crippen LogP contribution >= 0.6 is 11.8 Å². The zero-order valence-electron chi connectivity index (χ0n) is 9.37. The smallest absolute Gasteiger partial charge is 0.406 e. The topological polar surface area (TPSA) is 26.3 Å². The second kappa shape index (κ2) is 5.22. The van der Waals surface area contributed by atoms with Crippen molar-refractivity contribution >= 4 is 17.5 Å². The van der Waals surface area contributed by atoms with E-state index in [4.69, 9.17) is 0 Å². The highest BCUT2D eigenvalue weighted by molar-refractivity contribution is 8.00. The summed E-state index contributed by atoms with van der Waals surface area (Å²) in [4.78, 5) is 12.0. The third-order valence-electron chi connectivity index (χ3n) is 2.59. The van der Waals surface area contributed by atoms with E-state index in [0.717, 1.165) is 18.6 Å². The molecule has 18 heavy (non-hydrogen) atoms. The number of ether oxygens (including phenoxy) is 1. The zero-order valence-corrected chi connectivity index (χ0v) is 10.2. The average Bonchev–Trinajstić information content (AvgIpc) is 2.80. The Labute approximate surface area is 107 Å². The second-order valence-electron chi connectivity index (χ2n) is 3.94. The first kappa shape index (κ1) is 13.3. The van der Waals surface area contributed by atoms with Gasteiger partial charge < -0.3 is 4.74 Å². The molecule has 98 valence electrons. The van der Waals surface area contributed by atoms with E-state index in [0.29, 0.717) is 5.56 Å². The first-order valence-corrected chi connectivity index (χ1v) is 6.52. The molecule has 0 N–H and O–H groups in total. The van der Waals surface area contributed by atoms with E-state index in [1.165, 1.54) is 24.3 Å². The van der Waals surface area contributed by atoms with Crippen molar-refractivity contribution in [3.63, 3.8) is 0 Å². The first-order valence-electron chi connectivity index (χ1n) is 5.47. The molecule has 1 heterocycles. The van der Waals surface area contributed by atoms with Crippen LogP contribution in [0.2, 0.25) is 0 Å². The van der Waals surface area contributed by atoms with Crippen molar-refractivity contribution in [2.75, 3.05) is 5.75 Å². The van der Waals surface area contributed by atoms with Gasteiger partial charge in [-0.1, -0.05) is 0 Å². The first-order chi connectivity index (χ1) is 8.46. The molecule has 1 aromatic rings.